The Balaban J connectivity index is 2.21. The van der Waals surface area contributed by atoms with Crippen molar-refractivity contribution in [1.29, 1.82) is 10.5 Å². The van der Waals surface area contributed by atoms with Crippen molar-refractivity contribution in [1.82, 2.24) is 0 Å². The summed E-state index contributed by atoms with van der Waals surface area (Å²) < 4.78 is 5.96. The molecule has 144 valence electrons. The number of nitriles is 2. The highest BCUT2D eigenvalue weighted by Gasteiger charge is 2.13. The second-order valence-corrected chi connectivity index (χ2v) is 7.43. The molecule has 0 atom stereocenters. The summed E-state index contributed by atoms with van der Waals surface area (Å²) in [4.78, 5) is 11.6. The second-order valence-electron chi connectivity index (χ2n) is 6.29. The van der Waals surface area contributed by atoms with Gasteiger partial charge < -0.3 is 9.84 Å². The molecule has 0 bridgehead atoms. The van der Waals surface area contributed by atoms with E-state index in [-0.39, 0.29) is 12.0 Å². The number of carboxylic acid groups (broad SMARTS) is 1. The molecule has 0 spiro atoms. The van der Waals surface area contributed by atoms with Crippen LogP contribution in [0.15, 0.2) is 41.3 Å². The molecule has 6 heteroatoms. The van der Waals surface area contributed by atoms with Gasteiger partial charge in [0.05, 0.1) is 22.4 Å². The van der Waals surface area contributed by atoms with Crippen LogP contribution in [0.5, 0.6) is 11.5 Å². The Labute approximate surface area is 169 Å². The molecule has 0 amide bonds. The maximum Gasteiger partial charge on any atom is 0.307 e. The SMILES string of the molecule is CCCCCCSc1cc(C#N)c(C#N)cc1Oc1ccc(CC(=O)O)cc1. The highest BCUT2D eigenvalue weighted by atomic mass is 32.2. The van der Waals surface area contributed by atoms with Crippen LogP contribution in [0.2, 0.25) is 0 Å². The fourth-order valence-corrected chi connectivity index (χ4v) is 3.64. The van der Waals surface area contributed by atoms with Crippen molar-refractivity contribution in [2.45, 2.75) is 43.9 Å². The third-order valence-electron chi connectivity index (χ3n) is 4.09. The first-order chi connectivity index (χ1) is 13.6. The fraction of sp³-hybridized carbons (Fsp3) is 0.318. The number of rotatable bonds is 10. The van der Waals surface area contributed by atoms with Crippen molar-refractivity contribution in [3.8, 4) is 23.6 Å². The Morgan fingerprint density at radius 1 is 1.07 bits per heavy atom. The molecule has 0 heterocycles. The van der Waals surface area contributed by atoms with Gasteiger partial charge in [0.15, 0.2) is 0 Å². The van der Waals surface area contributed by atoms with E-state index in [1.165, 1.54) is 12.8 Å². The molecule has 0 saturated carbocycles. The number of benzene rings is 2. The molecule has 0 fully saturated rings. The van der Waals surface area contributed by atoms with Gasteiger partial charge in [-0.05, 0) is 35.9 Å². The minimum atomic E-state index is -0.888. The van der Waals surface area contributed by atoms with Crippen molar-refractivity contribution in [3.05, 3.63) is 53.1 Å². The number of hydrogen-bond acceptors (Lipinski definition) is 5. The maximum atomic E-state index is 10.8. The van der Waals surface area contributed by atoms with E-state index in [1.54, 1.807) is 48.2 Å². The van der Waals surface area contributed by atoms with Crippen LogP contribution < -0.4 is 4.74 Å². The van der Waals surface area contributed by atoms with Crippen LogP contribution >= 0.6 is 11.8 Å². The molecular formula is C22H22N2O3S. The number of hydrogen-bond donors (Lipinski definition) is 1. The number of nitrogens with zero attached hydrogens (tertiary/aromatic N) is 2. The third-order valence-corrected chi connectivity index (χ3v) is 5.21. The lowest BCUT2D eigenvalue weighted by atomic mass is 10.1. The molecule has 0 aliphatic carbocycles. The van der Waals surface area contributed by atoms with E-state index < -0.39 is 5.97 Å². The van der Waals surface area contributed by atoms with E-state index in [9.17, 15) is 15.3 Å². The van der Waals surface area contributed by atoms with Gasteiger partial charge >= 0.3 is 5.97 Å². The maximum absolute atomic E-state index is 10.8. The summed E-state index contributed by atoms with van der Waals surface area (Å²) in [5.74, 6) is 1.10. The van der Waals surface area contributed by atoms with Crippen LogP contribution in [0.3, 0.4) is 0 Å². The molecule has 0 aliphatic rings. The van der Waals surface area contributed by atoms with Gasteiger partial charge in [-0.25, -0.2) is 0 Å². The molecule has 0 unspecified atom stereocenters. The van der Waals surface area contributed by atoms with E-state index in [4.69, 9.17) is 9.84 Å². The molecular weight excluding hydrogens is 372 g/mol. The van der Waals surface area contributed by atoms with E-state index in [0.29, 0.717) is 22.6 Å². The molecule has 2 rings (SSSR count). The Kier molecular flexibility index (Phi) is 8.39. The first-order valence-electron chi connectivity index (χ1n) is 9.17. The van der Waals surface area contributed by atoms with E-state index in [2.05, 4.69) is 13.0 Å². The van der Waals surface area contributed by atoms with Crippen LogP contribution in [0, 0.1) is 22.7 Å². The zero-order valence-corrected chi connectivity index (χ0v) is 16.6. The van der Waals surface area contributed by atoms with Gasteiger partial charge in [0.25, 0.3) is 0 Å². The van der Waals surface area contributed by atoms with Crippen LogP contribution in [-0.4, -0.2) is 16.8 Å². The number of carboxylic acids is 1. The first kappa shape index (κ1) is 21.3. The van der Waals surface area contributed by atoms with Gasteiger partial charge in [0, 0.05) is 6.07 Å². The van der Waals surface area contributed by atoms with Crippen LogP contribution in [0.1, 0.15) is 49.3 Å². The van der Waals surface area contributed by atoms with Gasteiger partial charge in [-0.15, -0.1) is 11.8 Å². The highest BCUT2D eigenvalue weighted by Crippen LogP contribution is 2.36. The number of aliphatic carboxylic acids is 1. The highest BCUT2D eigenvalue weighted by molar-refractivity contribution is 7.99. The fourth-order valence-electron chi connectivity index (χ4n) is 2.63. The standard InChI is InChI=1S/C22H22N2O3S/c1-2-3-4-5-10-28-21-13-18(15-24)17(14-23)12-20(21)27-19-8-6-16(7-9-19)11-22(25)26/h6-9,12-13H,2-5,10-11H2,1H3,(H,25,26). The molecule has 2 aromatic carbocycles. The normalized spacial score (nSPS) is 10.1. The molecule has 28 heavy (non-hydrogen) atoms. The smallest absolute Gasteiger partial charge is 0.307 e. The van der Waals surface area contributed by atoms with Gasteiger partial charge in [-0.2, -0.15) is 10.5 Å². The molecule has 2 aromatic rings. The largest absolute Gasteiger partial charge is 0.481 e. The number of thioether (sulfide) groups is 1. The van der Waals surface area contributed by atoms with Crippen molar-refractivity contribution in [2.75, 3.05) is 5.75 Å². The minimum absolute atomic E-state index is 0.0470. The predicted octanol–water partition coefficient (Wildman–Crippen LogP) is 5.52. The average Bonchev–Trinajstić information content (AvgIpc) is 2.69. The van der Waals surface area contributed by atoms with Gasteiger partial charge in [0.1, 0.15) is 23.6 Å². The molecule has 0 aromatic heterocycles. The molecule has 1 N–H and O–H groups in total. The monoisotopic (exact) mass is 394 g/mol. The van der Waals surface area contributed by atoms with Crippen LogP contribution in [0.4, 0.5) is 0 Å². The quantitative estimate of drug-likeness (QED) is 0.421. The zero-order chi connectivity index (χ0) is 20.4. The summed E-state index contributed by atoms with van der Waals surface area (Å²) in [5.41, 5.74) is 1.29. The van der Waals surface area contributed by atoms with Crippen molar-refractivity contribution < 1.29 is 14.6 Å². The number of carbonyl (C=O) groups is 1. The summed E-state index contributed by atoms with van der Waals surface area (Å²) in [6, 6.07) is 14.2. The lowest BCUT2D eigenvalue weighted by Gasteiger charge is -2.13. The van der Waals surface area contributed by atoms with Crippen molar-refractivity contribution in [2.24, 2.45) is 0 Å². The Morgan fingerprint density at radius 3 is 2.36 bits per heavy atom. The molecule has 0 aliphatic heterocycles. The molecule has 0 radical (unpaired) electrons. The number of ether oxygens (including phenoxy) is 1. The second kappa shape index (κ2) is 11.0. The predicted molar refractivity (Wildman–Crippen MR) is 109 cm³/mol. The van der Waals surface area contributed by atoms with Crippen molar-refractivity contribution in [3.63, 3.8) is 0 Å². The number of unbranched alkanes of at least 4 members (excludes halogenated alkanes) is 3. The summed E-state index contributed by atoms with van der Waals surface area (Å²) in [5, 5.41) is 27.5. The lowest BCUT2D eigenvalue weighted by molar-refractivity contribution is -0.136. The van der Waals surface area contributed by atoms with E-state index in [0.717, 1.165) is 23.5 Å². The van der Waals surface area contributed by atoms with Crippen LogP contribution in [0.25, 0.3) is 0 Å². The topological polar surface area (TPSA) is 94.1 Å². The first-order valence-corrected chi connectivity index (χ1v) is 10.2. The summed E-state index contributed by atoms with van der Waals surface area (Å²) in [6.07, 6.45) is 4.56. The van der Waals surface area contributed by atoms with Crippen molar-refractivity contribution >= 4 is 17.7 Å². The Bertz CT molecular complexity index is 896. The van der Waals surface area contributed by atoms with E-state index >= 15 is 0 Å². The Morgan fingerprint density at radius 2 is 1.75 bits per heavy atom. The van der Waals surface area contributed by atoms with Gasteiger partial charge in [-0.3, -0.25) is 4.79 Å². The summed E-state index contributed by atoms with van der Waals surface area (Å²) in [7, 11) is 0. The summed E-state index contributed by atoms with van der Waals surface area (Å²) >= 11 is 1.61. The lowest BCUT2D eigenvalue weighted by Crippen LogP contribution is -1.99. The van der Waals surface area contributed by atoms with Crippen LogP contribution in [-0.2, 0) is 11.2 Å². The molecule has 5 nitrogen and oxygen atoms in total. The summed E-state index contributed by atoms with van der Waals surface area (Å²) in [6.45, 7) is 2.17. The zero-order valence-electron chi connectivity index (χ0n) is 15.8. The third kappa shape index (κ3) is 6.33. The minimum Gasteiger partial charge on any atom is -0.481 e. The van der Waals surface area contributed by atoms with E-state index in [1.807, 2.05) is 6.07 Å². The average molecular weight is 394 g/mol. The van der Waals surface area contributed by atoms with Gasteiger partial charge in [0.2, 0.25) is 0 Å². The van der Waals surface area contributed by atoms with Gasteiger partial charge in [-0.1, -0.05) is 38.3 Å². The molecule has 0 saturated heterocycles. The Hall–Kier alpha value is -2.96.